The summed E-state index contributed by atoms with van der Waals surface area (Å²) in [5.41, 5.74) is 1.04. The second kappa shape index (κ2) is 7.71. The smallest absolute Gasteiger partial charge is 0.199 e. The monoisotopic (exact) mass is 368 g/mol. The lowest BCUT2D eigenvalue weighted by Gasteiger charge is -2.26. The highest BCUT2D eigenvalue weighted by atomic mass is 79.9. The summed E-state index contributed by atoms with van der Waals surface area (Å²) in [6, 6.07) is 3.96. The van der Waals surface area contributed by atoms with Crippen LogP contribution in [0.5, 0.6) is 11.5 Å². The zero-order valence-corrected chi connectivity index (χ0v) is 14.6. The highest BCUT2D eigenvalue weighted by molar-refractivity contribution is 9.10. The highest BCUT2D eigenvalue weighted by Crippen LogP contribution is 2.31. The predicted molar refractivity (Wildman–Crippen MR) is 90.8 cm³/mol. The van der Waals surface area contributed by atoms with Crippen molar-refractivity contribution in [2.24, 2.45) is 0 Å². The van der Waals surface area contributed by atoms with Gasteiger partial charge in [-0.05, 0) is 59.2 Å². The summed E-state index contributed by atoms with van der Waals surface area (Å²) in [6.07, 6.45) is 6.17. The third kappa shape index (κ3) is 4.18. The van der Waals surface area contributed by atoms with E-state index in [1.807, 2.05) is 20.0 Å². The van der Waals surface area contributed by atoms with Gasteiger partial charge in [0.15, 0.2) is 12.6 Å². The molecule has 2 heterocycles. The van der Waals surface area contributed by atoms with Crippen LogP contribution in [0, 0.1) is 0 Å². The third-order valence-corrected chi connectivity index (χ3v) is 4.64. The average Bonchev–Trinajstić information content (AvgIpc) is 2.54. The first-order chi connectivity index (χ1) is 10.7. The van der Waals surface area contributed by atoms with E-state index in [0.717, 1.165) is 73.2 Å². The molecule has 0 aliphatic carbocycles. The molecule has 6 heteroatoms. The first kappa shape index (κ1) is 16.2. The maximum absolute atomic E-state index is 5.97. The van der Waals surface area contributed by atoms with E-state index in [2.05, 4.69) is 15.9 Å². The Hall–Kier alpha value is -0.715. The van der Waals surface area contributed by atoms with Crippen LogP contribution in [-0.2, 0) is 9.47 Å². The summed E-state index contributed by atoms with van der Waals surface area (Å²) in [5.74, 6) is 1.65. The highest BCUT2D eigenvalue weighted by Gasteiger charge is 2.20. The number of hydrogen-bond acceptors (Lipinski definition) is 4. The van der Waals surface area contributed by atoms with E-state index in [0.29, 0.717) is 0 Å². The third-order valence-electron chi connectivity index (χ3n) is 4.02. The number of hydrogen-bond donors (Lipinski definition) is 0. The summed E-state index contributed by atoms with van der Waals surface area (Å²) in [6.45, 7) is 1.56. The van der Waals surface area contributed by atoms with E-state index in [1.54, 1.807) is 0 Å². The fourth-order valence-electron chi connectivity index (χ4n) is 2.75. The van der Waals surface area contributed by atoms with Gasteiger partial charge in [-0.15, -0.1) is 0 Å². The number of halogens is 1. The Balaban J connectivity index is 1.67. The van der Waals surface area contributed by atoms with Crippen molar-refractivity contribution in [3.63, 3.8) is 0 Å². The molecule has 0 spiro atoms. The van der Waals surface area contributed by atoms with E-state index >= 15 is 0 Å². The molecule has 0 N–H and O–H groups in total. The largest absolute Gasteiger partial charge is 0.466 e. The molecule has 1 aromatic carbocycles. The fourth-order valence-corrected chi connectivity index (χ4v) is 3.16. The van der Waals surface area contributed by atoms with Crippen LogP contribution in [0.25, 0.3) is 0 Å². The maximum atomic E-state index is 5.97. The summed E-state index contributed by atoms with van der Waals surface area (Å²) in [4.78, 5) is 0. The van der Waals surface area contributed by atoms with Crippen LogP contribution in [0.15, 0.2) is 16.6 Å². The van der Waals surface area contributed by atoms with Crippen LogP contribution in [0.2, 0.25) is 0 Å². The lowest BCUT2D eigenvalue weighted by atomic mass is 9.95. The molecule has 2 saturated heterocycles. The van der Waals surface area contributed by atoms with Crippen molar-refractivity contribution in [1.82, 2.24) is 0 Å². The number of rotatable bonds is 4. The Labute approximate surface area is 141 Å². The van der Waals surface area contributed by atoms with Crippen LogP contribution in [0.3, 0.4) is 0 Å². The Kier molecular flexibility index (Phi) is 5.66. The molecule has 2 aliphatic heterocycles. The Morgan fingerprint density at radius 3 is 2.05 bits per heavy atom. The second-order valence-electron chi connectivity index (χ2n) is 5.88. The molecule has 2 atom stereocenters. The van der Waals surface area contributed by atoms with Crippen LogP contribution in [0.4, 0.5) is 0 Å². The van der Waals surface area contributed by atoms with E-state index in [4.69, 9.17) is 18.9 Å². The van der Waals surface area contributed by atoms with E-state index in [9.17, 15) is 0 Å². The topological polar surface area (TPSA) is 36.9 Å². The minimum absolute atomic E-state index is 0.132. The van der Waals surface area contributed by atoms with Crippen molar-refractivity contribution in [3.8, 4) is 11.5 Å². The van der Waals surface area contributed by atoms with E-state index in [-0.39, 0.29) is 12.6 Å². The molecular weight excluding hydrogens is 347 g/mol. The van der Waals surface area contributed by atoms with Gasteiger partial charge < -0.3 is 18.9 Å². The molecule has 2 aliphatic rings. The van der Waals surface area contributed by atoms with Crippen molar-refractivity contribution < 1.29 is 18.9 Å². The van der Waals surface area contributed by atoms with Crippen LogP contribution in [-0.4, -0.2) is 33.6 Å². The van der Waals surface area contributed by atoms with Crippen LogP contribution < -0.4 is 14.9 Å². The maximum Gasteiger partial charge on any atom is 0.199 e. The van der Waals surface area contributed by atoms with Crippen molar-refractivity contribution in [2.45, 2.75) is 51.1 Å². The first-order valence-electron chi connectivity index (χ1n) is 8.09. The minimum atomic E-state index is -0.141. The number of ether oxygens (including phenoxy) is 4. The molecule has 22 heavy (non-hydrogen) atoms. The Morgan fingerprint density at radius 2 is 1.50 bits per heavy atom. The quantitative estimate of drug-likeness (QED) is 0.765. The van der Waals surface area contributed by atoms with Gasteiger partial charge in [0.25, 0.3) is 0 Å². The van der Waals surface area contributed by atoms with Crippen LogP contribution in [0.1, 0.15) is 38.5 Å². The molecule has 120 valence electrons. The lowest BCUT2D eigenvalue weighted by Crippen LogP contribution is -2.28. The summed E-state index contributed by atoms with van der Waals surface area (Å²) < 4.78 is 24.1. The zero-order chi connectivity index (χ0) is 15.4. The molecule has 2 fully saturated rings. The van der Waals surface area contributed by atoms with Gasteiger partial charge in [0, 0.05) is 12.8 Å². The number of benzene rings is 1. The van der Waals surface area contributed by atoms with E-state index < -0.39 is 0 Å². The summed E-state index contributed by atoms with van der Waals surface area (Å²) >= 11 is 3.57. The molecule has 1 aromatic rings. The van der Waals surface area contributed by atoms with Gasteiger partial charge in [-0.2, -0.15) is 0 Å². The second-order valence-corrected chi connectivity index (χ2v) is 6.73. The van der Waals surface area contributed by atoms with Crippen molar-refractivity contribution in [1.29, 1.82) is 0 Å². The van der Waals surface area contributed by atoms with Crippen molar-refractivity contribution in [3.05, 3.63) is 16.6 Å². The van der Waals surface area contributed by atoms with E-state index in [1.165, 1.54) is 0 Å². The molecule has 2 unspecified atom stereocenters. The molecular formula is C16H22BBrO4. The van der Waals surface area contributed by atoms with Gasteiger partial charge in [0.05, 0.1) is 17.7 Å². The fraction of sp³-hybridized carbons (Fsp3) is 0.625. The van der Waals surface area contributed by atoms with Crippen molar-refractivity contribution in [2.75, 3.05) is 13.2 Å². The average molecular weight is 369 g/mol. The van der Waals surface area contributed by atoms with Gasteiger partial charge in [0.2, 0.25) is 0 Å². The van der Waals surface area contributed by atoms with Gasteiger partial charge >= 0.3 is 0 Å². The Bertz CT molecular complexity index is 453. The van der Waals surface area contributed by atoms with Gasteiger partial charge in [-0.25, -0.2) is 0 Å². The van der Waals surface area contributed by atoms with Gasteiger partial charge in [-0.3, -0.25) is 0 Å². The van der Waals surface area contributed by atoms with Crippen LogP contribution >= 0.6 is 15.9 Å². The van der Waals surface area contributed by atoms with Gasteiger partial charge in [-0.1, -0.05) is 0 Å². The predicted octanol–water partition coefficient (Wildman–Crippen LogP) is 2.52. The molecule has 0 bridgehead atoms. The normalized spacial score (nSPS) is 25.7. The lowest BCUT2D eigenvalue weighted by molar-refractivity contribution is -0.107. The molecule has 0 aromatic heterocycles. The zero-order valence-electron chi connectivity index (χ0n) is 13.0. The summed E-state index contributed by atoms with van der Waals surface area (Å²) in [7, 11) is 2.03. The standard InChI is InChI=1S/C16H22BBrO4/c17-11-9-14(22-16-6-2-4-8-20-16)12(18)10-13(11)21-15-5-1-3-7-19-15/h9-10,15-16H,1-8,17H2. The van der Waals surface area contributed by atoms with Crippen molar-refractivity contribution >= 4 is 29.2 Å². The molecule has 0 saturated carbocycles. The first-order valence-corrected chi connectivity index (χ1v) is 8.88. The molecule has 4 nitrogen and oxygen atoms in total. The van der Waals surface area contributed by atoms with Gasteiger partial charge in [0.1, 0.15) is 19.3 Å². The summed E-state index contributed by atoms with van der Waals surface area (Å²) in [5, 5.41) is 0. The SMILES string of the molecule is Bc1cc(OC2CCCCO2)c(Br)cc1OC1CCCCO1. The Morgan fingerprint density at radius 1 is 0.909 bits per heavy atom. The molecule has 0 amide bonds. The minimum Gasteiger partial charge on any atom is -0.466 e. The molecule has 0 radical (unpaired) electrons. The molecule has 3 rings (SSSR count).